The predicted octanol–water partition coefficient (Wildman–Crippen LogP) is 7.39. The Morgan fingerprint density at radius 3 is 1.56 bits per heavy atom. The smallest absolute Gasteiger partial charge is 0.296 e. The van der Waals surface area contributed by atoms with Gasteiger partial charge >= 0.3 is 0 Å². The zero-order valence-corrected chi connectivity index (χ0v) is 33.4. The molecule has 0 amide bonds. The Labute approximate surface area is 344 Å². The van der Waals surface area contributed by atoms with Crippen molar-refractivity contribution in [1.82, 2.24) is 0 Å². The molecule has 0 spiro atoms. The molecule has 11 N–H and O–H groups in total. The maximum atomic E-state index is 12.5. The quantitative estimate of drug-likeness (QED) is 0.0328. The molecule has 0 aliphatic rings. The largest absolute Gasteiger partial charge is 0.508 e. The first-order chi connectivity index (χ1) is 28.4. The van der Waals surface area contributed by atoms with E-state index >= 15 is 0 Å². The molecule has 0 atom stereocenters. The average Bonchev–Trinajstić information content (AvgIpc) is 3.16. The minimum absolute atomic E-state index is 0.0538. The Hall–Kier alpha value is -6.98. The van der Waals surface area contributed by atoms with Crippen molar-refractivity contribution in [2.75, 3.05) is 16.8 Å². The van der Waals surface area contributed by atoms with Crippen molar-refractivity contribution >= 4 is 108 Å². The zero-order valence-electron chi connectivity index (χ0n) is 30.2. The number of aromatic hydroxyl groups is 2. The van der Waals surface area contributed by atoms with Gasteiger partial charge < -0.3 is 27.0 Å². The highest BCUT2D eigenvalue weighted by Crippen LogP contribution is 2.48. The maximum absolute atomic E-state index is 12.5. The summed E-state index contributed by atoms with van der Waals surface area (Å²) in [5.74, 6) is -1.16. The van der Waals surface area contributed by atoms with E-state index in [2.05, 4.69) is 36.0 Å². The van der Waals surface area contributed by atoms with Gasteiger partial charge in [-0.2, -0.15) is 49.0 Å². The summed E-state index contributed by atoms with van der Waals surface area (Å²) in [5.41, 5.74) is 10.0. The summed E-state index contributed by atoms with van der Waals surface area (Å²) in [5, 5.41) is 45.6. The number of nitrogen functional groups attached to an aromatic ring is 2. The van der Waals surface area contributed by atoms with Gasteiger partial charge in [-0.25, -0.2) is 0 Å². The van der Waals surface area contributed by atoms with Gasteiger partial charge in [0, 0.05) is 11.8 Å². The molecule has 0 radical (unpaired) electrons. The third-order valence-electron chi connectivity index (χ3n) is 8.21. The molecule has 0 saturated heterocycles. The molecule has 0 saturated carbocycles. The molecule has 0 aliphatic carbocycles. The number of rotatable bonds is 12. The number of phenols is 2. The molecule has 0 fully saturated rings. The number of nitrogens with one attached hydrogen (secondary N) is 1. The third-order valence-corrected chi connectivity index (χ3v) is 11.7. The summed E-state index contributed by atoms with van der Waals surface area (Å²) in [7, 11) is -20.1. The van der Waals surface area contributed by atoms with E-state index in [-0.39, 0.29) is 28.5 Å². The maximum Gasteiger partial charge on any atom is 0.296 e. The van der Waals surface area contributed by atoms with Crippen LogP contribution in [-0.2, 0) is 40.5 Å². The lowest BCUT2D eigenvalue weighted by atomic mass is 10.1. The van der Waals surface area contributed by atoms with E-state index in [0.29, 0.717) is 29.2 Å². The van der Waals surface area contributed by atoms with Crippen LogP contribution in [0.25, 0.3) is 10.8 Å². The van der Waals surface area contributed by atoms with E-state index in [4.69, 9.17) is 11.5 Å². The van der Waals surface area contributed by atoms with E-state index in [1.165, 1.54) is 54.6 Å². The lowest BCUT2D eigenvalue weighted by molar-refractivity contribution is 0.472. The third kappa shape index (κ3) is 9.91. The lowest BCUT2D eigenvalue weighted by Crippen LogP contribution is -2.04. The van der Waals surface area contributed by atoms with Crippen molar-refractivity contribution in [1.29, 1.82) is 0 Å². The predicted molar refractivity (Wildman–Crippen MR) is 217 cm³/mol. The van der Waals surface area contributed by atoms with Crippen molar-refractivity contribution in [2.45, 2.75) is 19.6 Å². The van der Waals surface area contributed by atoms with Crippen molar-refractivity contribution in [2.24, 2.45) is 30.7 Å². The number of benzene rings is 6. The Kier molecular flexibility index (Phi) is 11.6. The highest BCUT2D eigenvalue weighted by Gasteiger charge is 2.28. The molecule has 0 aromatic heterocycles. The van der Waals surface area contributed by atoms with Crippen LogP contribution >= 0.6 is 0 Å². The number of nitrogens with two attached hydrogens (primary N) is 2. The molecular weight excluding hydrogens is 887 g/mol. The Morgan fingerprint density at radius 2 is 1.00 bits per heavy atom. The van der Waals surface area contributed by atoms with Crippen LogP contribution in [0, 0.1) is 0 Å². The molecule has 6 aromatic rings. The standard InChI is InChI=1S/C34H27N9O14S4/c35-24-16-22(44)8-12-25(24)41-38-19-3-1-18(2-4-19)37-26-11-7-21(15-27(26)59(49,50)51)40-42-32-28(60(52,53)54)13-17-14-29(61(55,56)57)33(34(45)30(17)31(32)36)43-39-20-5-9-23(10-6-20)58(46,47)48/h1-16,37,44-45H,35-36H2,(H,46,47,48)(H,49,50,51)(H,52,53,54)(H,55,56,57). The van der Waals surface area contributed by atoms with Crippen LogP contribution in [0.15, 0.2) is 147 Å². The fourth-order valence-electron chi connectivity index (χ4n) is 5.41. The molecule has 61 heavy (non-hydrogen) atoms. The van der Waals surface area contributed by atoms with Crippen LogP contribution in [0.5, 0.6) is 11.5 Å². The zero-order chi connectivity index (χ0) is 44.7. The van der Waals surface area contributed by atoms with Crippen LogP contribution < -0.4 is 16.8 Å². The SMILES string of the molecule is Nc1cc(O)ccc1N=Nc1ccc(Nc2ccc(N=Nc3c(S(=O)(=O)O)cc4cc(S(=O)(=O)O)c(N=Nc5ccc(S(=O)(=O)O)cc5)c(O)c4c3N)cc2S(=O)(=O)O)cc1. The molecule has 316 valence electrons. The summed E-state index contributed by atoms with van der Waals surface area (Å²) in [4.78, 5) is -3.45. The molecule has 0 bridgehead atoms. The number of hydrogen-bond donors (Lipinski definition) is 9. The topological polar surface area (TPSA) is 396 Å². The van der Waals surface area contributed by atoms with Gasteiger partial charge in [-0.1, -0.05) is 0 Å². The fourth-order valence-corrected chi connectivity index (χ4v) is 7.88. The van der Waals surface area contributed by atoms with Gasteiger partial charge in [0.25, 0.3) is 40.5 Å². The molecule has 0 unspecified atom stereocenters. The highest BCUT2D eigenvalue weighted by atomic mass is 32.2. The fraction of sp³-hybridized carbons (Fsp3) is 0. The second-order valence-electron chi connectivity index (χ2n) is 12.4. The van der Waals surface area contributed by atoms with E-state index < -0.39 is 93.6 Å². The van der Waals surface area contributed by atoms with Crippen molar-refractivity contribution in [3.8, 4) is 11.5 Å². The van der Waals surface area contributed by atoms with Gasteiger partial charge in [-0.15, -0.1) is 15.3 Å². The van der Waals surface area contributed by atoms with Crippen LogP contribution in [0.1, 0.15) is 0 Å². The van der Waals surface area contributed by atoms with Crippen LogP contribution in [0.4, 0.5) is 56.9 Å². The Balaban J connectivity index is 1.37. The van der Waals surface area contributed by atoms with Crippen LogP contribution in [-0.4, -0.2) is 62.1 Å². The van der Waals surface area contributed by atoms with Gasteiger partial charge in [0.1, 0.15) is 37.5 Å². The van der Waals surface area contributed by atoms with E-state index in [1.807, 2.05) is 0 Å². The average molecular weight is 914 g/mol. The molecule has 27 heteroatoms. The van der Waals surface area contributed by atoms with Crippen molar-refractivity contribution in [3.05, 3.63) is 97.1 Å². The van der Waals surface area contributed by atoms with Gasteiger partial charge in [0.2, 0.25) is 0 Å². The summed E-state index contributed by atoms with van der Waals surface area (Å²) in [6.45, 7) is 0. The van der Waals surface area contributed by atoms with E-state index in [9.17, 15) is 62.1 Å². The Morgan fingerprint density at radius 1 is 0.492 bits per heavy atom. The second kappa shape index (κ2) is 16.2. The number of azo groups is 3. The monoisotopic (exact) mass is 913 g/mol. The molecule has 0 heterocycles. The van der Waals surface area contributed by atoms with Gasteiger partial charge in [0.15, 0.2) is 5.75 Å². The van der Waals surface area contributed by atoms with Gasteiger partial charge in [-0.3, -0.25) is 18.2 Å². The van der Waals surface area contributed by atoms with Crippen molar-refractivity contribution < 1.29 is 62.1 Å². The number of phenolic OH excluding ortho intramolecular Hbond substituents is 2. The summed E-state index contributed by atoms with van der Waals surface area (Å²) in [6, 6.07) is 18.6. The normalized spacial score (nSPS) is 12.9. The van der Waals surface area contributed by atoms with E-state index in [1.54, 1.807) is 0 Å². The molecule has 6 aromatic carbocycles. The first-order valence-corrected chi connectivity index (χ1v) is 22.1. The lowest BCUT2D eigenvalue weighted by Gasteiger charge is -2.14. The van der Waals surface area contributed by atoms with E-state index in [0.717, 1.165) is 30.3 Å². The molecule has 0 aliphatic heterocycles. The molecule has 23 nitrogen and oxygen atoms in total. The summed E-state index contributed by atoms with van der Waals surface area (Å²) < 4.78 is 137. The van der Waals surface area contributed by atoms with Gasteiger partial charge in [-0.05, 0) is 96.4 Å². The second-order valence-corrected chi connectivity index (χ2v) is 18.0. The number of hydrogen-bond acceptors (Lipinski definition) is 19. The molecule has 6 rings (SSSR count). The van der Waals surface area contributed by atoms with Crippen LogP contribution in [0.2, 0.25) is 0 Å². The number of anilines is 4. The number of nitrogens with zero attached hydrogens (tertiary/aromatic N) is 6. The first kappa shape index (κ1) is 43.6. The summed E-state index contributed by atoms with van der Waals surface area (Å²) >= 11 is 0. The van der Waals surface area contributed by atoms with Crippen molar-refractivity contribution in [3.63, 3.8) is 0 Å². The summed E-state index contributed by atoms with van der Waals surface area (Å²) in [6.07, 6.45) is 0. The minimum atomic E-state index is -5.28. The molecular formula is C34H27N9O14S4. The van der Waals surface area contributed by atoms with Crippen LogP contribution in [0.3, 0.4) is 0 Å². The first-order valence-electron chi connectivity index (χ1n) is 16.4. The minimum Gasteiger partial charge on any atom is -0.508 e. The number of fused-ring (bicyclic) bond motifs is 1. The van der Waals surface area contributed by atoms with Gasteiger partial charge in [0.05, 0.1) is 44.4 Å². The Bertz CT molecular complexity index is 3310. The highest BCUT2D eigenvalue weighted by molar-refractivity contribution is 7.86.